The summed E-state index contributed by atoms with van der Waals surface area (Å²) in [5.74, 6) is 1.42. The first-order chi connectivity index (χ1) is 9.60. The second-order valence-electron chi connectivity index (χ2n) is 4.99. The number of ether oxygens (including phenoxy) is 1. The Bertz CT molecular complexity index is 566. The van der Waals surface area contributed by atoms with E-state index in [4.69, 9.17) is 4.74 Å². The molecule has 1 heterocycles. The maximum absolute atomic E-state index is 5.78. The molecular weight excluding hydrogens is 270 g/mol. The molecule has 5 heteroatoms. The first-order valence-electron chi connectivity index (χ1n) is 6.89. The van der Waals surface area contributed by atoms with Crippen molar-refractivity contribution in [1.82, 2.24) is 10.2 Å². The van der Waals surface area contributed by atoms with Crippen LogP contribution in [0.5, 0.6) is 5.75 Å². The molecular formula is C15H21N3OS. The third-order valence-corrected chi connectivity index (χ3v) is 3.87. The first-order valence-corrected chi connectivity index (χ1v) is 7.71. The van der Waals surface area contributed by atoms with E-state index in [-0.39, 0.29) is 0 Å². The molecule has 0 spiro atoms. The van der Waals surface area contributed by atoms with Crippen LogP contribution in [0.2, 0.25) is 0 Å². The standard InChI is InChI=1S/C15H21N3OS/c1-5-16-15-18-17-14(20-15)9-19-12-6-7-13(10(2)3)11(4)8-12/h6-8,10H,5,9H2,1-4H3,(H,16,18). The summed E-state index contributed by atoms with van der Waals surface area (Å²) in [5, 5.41) is 13.0. The molecule has 1 aromatic heterocycles. The van der Waals surface area contributed by atoms with E-state index in [0.717, 1.165) is 22.4 Å². The topological polar surface area (TPSA) is 47.0 Å². The second-order valence-corrected chi connectivity index (χ2v) is 6.06. The van der Waals surface area contributed by atoms with Gasteiger partial charge in [-0.3, -0.25) is 0 Å². The Balaban J connectivity index is 1.98. The van der Waals surface area contributed by atoms with Crippen LogP contribution in [0.4, 0.5) is 5.13 Å². The normalized spacial score (nSPS) is 10.8. The van der Waals surface area contributed by atoms with Crippen molar-refractivity contribution in [3.63, 3.8) is 0 Å². The summed E-state index contributed by atoms with van der Waals surface area (Å²) in [6.45, 7) is 9.88. The molecule has 0 fully saturated rings. The Morgan fingerprint density at radius 1 is 1.30 bits per heavy atom. The highest BCUT2D eigenvalue weighted by Gasteiger charge is 2.07. The van der Waals surface area contributed by atoms with Crippen molar-refractivity contribution in [3.05, 3.63) is 34.3 Å². The fourth-order valence-electron chi connectivity index (χ4n) is 2.07. The highest BCUT2D eigenvalue weighted by atomic mass is 32.1. The van der Waals surface area contributed by atoms with Crippen molar-refractivity contribution in [2.75, 3.05) is 11.9 Å². The zero-order chi connectivity index (χ0) is 14.5. The molecule has 0 unspecified atom stereocenters. The van der Waals surface area contributed by atoms with Crippen LogP contribution in [0.1, 0.15) is 42.8 Å². The molecule has 2 aromatic rings. The predicted octanol–water partition coefficient (Wildman–Crippen LogP) is 3.98. The lowest BCUT2D eigenvalue weighted by molar-refractivity contribution is 0.304. The van der Waals surface area contributed by atoms with Crippen molar-refractivity contribution < 1.29 is 4.74 Å². The second kappa shape index (κ2) is 6.70. The van der Waals surface area contributed by atoms with Crippen molar-refractivity contribution in [2.45, 2.75) is 40.2 Å². The predicted molar refractivity (Wildman–Crippen MR) is 83.7 cm³/mol. The third-order valence-electron chi connectivity index (χ3n) is 3.02. The van der Waals surface area contributed by atoms with Gasteiger partial charge in [0.25, 0.3) is 0 Å². The van der Waals surface area contributed by atoms with Gasteiger partial charge in [0.2, 0.25) is 5.13 Å². The molecule has 0 radical (unpaired) electrons. The van der Waals surface area contributed by atoms with Gasteiger partial charge in [-0.15, -0.1) is 10.2 Å². The zero-order valence-electron chi connectivity index (χ0n) is 12.4. The van der Waals surface area contributed by atoms with Crippen LogP contribution in [0.15, 0.2) is 18.2 Å². The van der Waals surface area contributed by atoms with Crippen LogP contribution >= 0.6 is 11.3 Å². The summed E-state index contributed by atoms with van der Waals surface area (Å²) < 4.78 is 5.78. The van der Waals surface area contributed by atoms with Gasteiger partial charge in [0.15, 0.2) is 5.01 Å². The van der Waals surface area contributed by atoms with E-state index in [1.807, 2.05) is 13.0 Å². The number of rotatable bonds is 6. The lowest BCUT2D eigenvalue weighted by atomic mass is 9.98. The molecule has 0 atom stereocenters. The van der Waals surface area contributed by atoms with Gasteiger partial charge in [0.1, 0.15) is 12.4 Å². The summed E-state index contributed by atoms with van der Waals surface area (Å²) >= 11 is 1.53. The summed E-state index contributed by atoms with van der Waals surface area (Å²) in [7, 11) is 0. The smallest absolute Gasteiger partial charge is 0.205 e. The van der Waals surface area contributed by atoms with E-state index in [0.29, 0.717) is 12.5 Å². The number of aromatic nitrogens is 2. The maximum Gasteiger partial charge on any atom is 0.205 e. The summed E-state index contributed by atoms with van der Waals surface area (Å²) in [5.41, 5.74) is 2.63. The van der Waals surface area contributed by atoms with E-state index in [2.05, 4.69) is 48.4 Å². The molecule has 2 rings (SSSR count). The van der Waals surface area contributed by atoms with Crippen LogP contribution in [0.25, 0.3) is 0 Å². The molecule has 4 nitrogen and oxygen atoms in total. The monoisotopic (exact) mass is 291 g/mol. The molecule has 0 amide bonds. The van der Waals surface area contributed by atoms with Crippen LogP contribution in [0, 0.1) is 6.92 Å². The number of hydrogen-bond acceptors (Lipinski definition) is 5. The van der Waals surface area contributed by atoms with Crippen LogP contribution < -0.4 is 10.1 Å². The molecule has 0 aliphatic rings. The lowest BCUT2D eigenvalue weighted by Crippen LogP contribution is -1.97. The van der Waals surface area contributed by atoms with E-state index in [9.17, 15) is 0 Å². The van der Waals surface area contributed by atoms with Gasteiger partial charge in [-0.1, -0.05) is 31.3 Å². The van der Waals surface area contributed by atoms with Crippen molar-refractivity contribution in [1.29, 1.82) is 0 Å². The highest BCUT2D eigenvalue weighted by molar-refractivity contribution is 7.15. The minimum Gasteiger partial charge on any atom is -0.486 e. The number of aryl methyl sites for hydroxylation is 1. The maximum atomic E-state index is 5.78. The minimum atomic E-state index is 0.462. The van der Waals surface area contributed by atoms with Gasteiger partial charge in [-0.05, 0) is 43.0 Å². The third kappa shape index (κ3) is 3.70. The highest BCUT2D eigenvalue weighted by Crippen LogP contribution is 2.24. The molecule has 0 saturated carbocycles. The molecule has 0 bridgehead atoms. The van der Waals surface area contributed by atoms with Crippen LogP contribution in [-0.2, 0) is 6.61 Å². The van der Waals surface area contributed by atoms with E-state index < -0.39 is 0 Å². The fourth-order valence-corrected chi connectivity index (χ4v) is 2.79. The lowest BCUT2D eigenvalue weighted by Gasteiger charge is -2.11. The minimum absolute atomic E-state index is 0.462. The van der Waals surface area contributed by atoms with Gasteiger partial charge >= 0.3 is 0 Å². The van der Waals surface area contributed by atoms with Crippen LogP contribution in [0.3, 0.4) is 0 Å². The largest absolute Gasteiger partial charge is 0.486 e. The molecule has 1 N–H and O–H groups in total. The number of nitrogens with zero attached hydrogens (tertiary/aromatic N) is 2. The van der Waals surface area contributed by atoms with Crippen molar-refractivity contribution in [3.8, 4) is 5.75 Å². The molecule has 0 saturated heterocycles. The van der Waals surface area contributed by atoms with Crippen molar-refractivity contribution >= 4 is 16.5 Å². The van der Waals surface area contributed by atoms with E-state index in [1.54, 1.807) is 0 Å². The summed E-state index contributed by atoms with van der Waals surface area (Å²) in [6.07, 6.45) is 0. The molecule has 108 valence electrons. The Morgan fingerprint density at radius 3 is 2.75 bits per heavy atom. The molecule has 1 aromatic carbocycles. The SMILES string of the molecule is CCNc1nnc(COc2ccc(C(C)C)c(C)c2)s1. The summed E-state index contributed by atoms with van der Waals surface area (Å²) in [4.78, 5) is 0. The van der Waals surface area contributed by atoms with Gasteiger partial charge in [-0.25, -0.2) is 0 Å². The van der Waals surface area contributed by atoms with Crippen LogP contribution in [-0.4, -0.2) is 16.7 Å². The number of hydrogen-bond donors (Lipinski definition) is 1. The quantitative estimate of drug-likeness (QED) is 0.874. The van der Waals surface area contributed by atoms with E-state index in [1.165, 1.54) is 22.5 Å². The zero-order valence-corrected chi connectivity index (χ0v) is 13.3. The summed E-state index contributed by atoms with van der Waals surface area (Å²) in [6, 6.07) is 6.25. The van der Waals surface area contributed by atoms with Gasteiger partial charge in [-0.2, -0.15) is 0 Å². The number of anilines is 1. The van der Waals surface area contributed by atoms with Gasteiger partial charge < -0.3 is 10.1 Å². The van der Waals surface area contributed by atoms with Crippen molar-refractivity contribution in [2.24, 2.45) is 0 Å². The first kappa shape index (κ1) is 14.8. The Hall–Kier alpha value is -1.62. The van der Waals surface area contributed by atoms with E-state index >= 15 is 0 Å². The van der Waals surface area contributed by atoms with Gasteiger partial charge in [0.05, 0.1) is 0 Å². The average molecular weight is 291 g/mol. The molecule has 20 heavy (non-hydrogen) atoms. The Labute approximate surface area is 124 Å². The number of benzene rings is 1. The molecule has 0 aliphatic carbocycles. The Morgan fingerprint density at radius 2 is 2.10 bits per heavy atom. The van der Waals surface area contributed by atoms with Gasteiger partial charge in [0, 0.05) is 6.54 Å². The Kier molecular flexibility index (Phi) is 4.95. The number of nitrogens with one attached hydrogen (secondary N) is 1. The fraction of sp³-hybridized carbons (Fsp3) is 0.467. The average Bonchev–Trinajstić information content (AvgIpc) is 2.84. The molecule has 0 aliphatic heterocycles.